The number of hydrogen-bond acceptors (Lipinski definition) is 7. The molecule has 0 aromatic heterocycles. The second kappa shape index (κ2) is 13.3. The Morgan fingerprint density at radius 2 is 1.73 bits per heavy atom. The van der Waals surface area contributed by atoms with Crippen LogP contribution in [0.3, 0.4) is 0 Å². The fourth-order valence-electron chi connectivity index (χ4n) is 2.42. The van der Waals surface area contributed by atoms with Gasteiger partial charge in [-0.2, -0.15) is 0 Å². The van der Waals surface area contributed by atoms with Crippen molar-refractivity contribution in [1.29, 1.82) is 0 Å². The summed E-state index contributed by atoms with van der Waals surface area (Å²) in [5.41, 5.74) is -0.565. The van der Waals surface area contributed by atoms with Gasteiger partial charge in [0, 0.05) is 19.6 Å². The monoisotopic (exact) mass is 378 g/mol. The Balaban J connectivity index is 4.47. The van der Waals surface area contributed by atoms with Crippen LogP contribution in [0.25, 0.3) is 0 Å². The van der Waals surface area contributed by atoms with Crippen LogP contribution in [-0.4, -0.2) is 88.1 Å². The molecule has 0 radical (unpaired) electrons. The van der Waals surface area contributed by atoms with Crippen LogP contribution >= 0.6 is 0 Å². The molecular weight excluding hydrogens is 340 g/mol. The van der Waals surface area contributed by atoms with Gasteiger partial charge in [-0.1, -0.05) is 26.2 Å². The van der Waals surface area contributed by atoms with Gasteiger partial charge in [-0.25, -0.2) is 4.79 Å². The summed E-state index contributed by atoms with van der Waals surface area (Å²) in [7, 11) is 0. The number of carbonyl (C=O) groups is 1. The summed E-state index contributed by atoms with van der Waals surface area (Å²) in [6.07, 6.45) is -0.257. The molecule has 8 heteroatoms. The van der Waals surface area contributed by atoms with Crippen LogP contribution in [0.4, 0.5) is 4.79 Å². The van der Waals surface area contributed by atoms with Crippen LogP contribution in [0.15, 0.2) is 0 Å². The Morgan fingerprint density at radius 1 is 1.08 bits per heavy atom. The van der Waals surface area contributed by atoms with Crippen molar-refractivity contribution in [3.63, 3.8) is 0 Å². The summed E-state index contributed by atoms with van der Waals surface area (Å²) in [6, 6.07) is 0. The number of aliphatic hydroxyl groups excluding tert-OH is 4. The molecule has 0 bridgehead atoms. The van der Waals surface area contributed by atoms with Crippen molar-refractivity contribution in [1.82, 2.24) is 10.2 Å². The number of carbonyl (C=O) groups excluding carboxylic acids is 1. The molecule has 0 aliphatic rings. The van der Waals surface area contributed by atoms with Crippen LogP contribution < -0.4 is 5.32 Å². The average molecular weight is 379 g/mol. The van der Waals surface area contributed by atoms with Gasteiger partial charge >= 0.3 is 6.09 Å². The standard InChI is InChI=1S/C18H38N2O6/c1-5-6-7-8-10-20(12-14(22)16(24)15(23)13-21)11-9-19-17(25)26-18(2,3)4/h14-16,21-24H,5-13H2,1-4H3,(H,19,25)/t14?,15?,16-/m1/s1. The van der Waals surface area contributed by atoms with Crippen molar-refractivity contribution in [2.75, 3.05) is 32.8 Å². The van der Waals surface area contributed by atoms with Gasteiger partial charge in [0.25, 0.3) is 0 Å². The zero-order valence-corrected chi connectivity index (χ0v) is 16.6. The second-order valence-corrected chi connectivity index (χ2v) is 7.60. The Labute approximate surface area is 157 Å². The lowest BCUT2D eigenvalue weighted by Crippen LogP contribution is -2.47. The fourth-order valence-corrected chi connectivity index (χ4v) is 2.42. The van der Waals surface area contributed by atoms with Gasteiger partial charge in [-0.3, -0.25) is 4.90 Å². The Kier molecular flexibility index (Phi) is 12.8. The Hall–Kier alpha value is -0.930. The highest BCUT2D eigenvalue weighted by Crippen LogP contribution is 2.07. The molecule has 0 saturated heterocycles. The molecule has 0 aliphatic carbocycles. The van der Waals surface area contributed by atoms with Crippen molar-refractivity contribution >= 4 is 6.09 Å². The number of aliphatic hydroxyl groups is 4. The molecule has 156 valence electrons. The molecule has 0 aliphatic heterocycles. The summed E-state index contributed by atoms with van der Waals surface area (Å²) < 4.78 is 5.18. The summed E-state index contributed by atoms with van der Waals surface area (Å²) in [4.78, 5) is 13.6. The van der Waals surface area contributed by atoms with E-state index in [1.807, 2.05) is 4.90 Å². The van der Waals surface area contributed by atoms with E-state index in [1.54, 1.807) is 20.8 Å². The molecule has 0 spiro atoms. The molecule has 0 rings (SSSR count). The zero-order chi connectivity index (χ0) is 20.2. The van der Waals surface area contributed by atoms with E-state index < -0.39 is 36.6 Å². The maximum absolute atomic E-state index is 11.7. The number of rotatable bonds is 13. The van der Waals surface area contributed by atoms with Crippen molar-refractivity contribution in [3.8, 4) is 0 Å². The fraction of sp³-hybridized carbons (Fsp3) is 0.944. The first-order valence-electron chi connectivity index (χ1n) is 9.45. The lowest BCUT2D eigenvalue weighted by Gasteiger charge is -2.29. The molecule has 0 heterocycles. The maximum Gasteiger partial charge on any atom is 0.407 e. The summed E-state index contributed by atoms with van der Waals surface area (Å²) in [6.45, 7) is 8.53. The first-order valence-corrected chi connectivity index (χ1v) is 9.45. The first-order chi connectivity index (χ1) is 12.1. The van der Waals surface area contributed by atoms with Gasteiger partial charge in [0.2, 0.25) is 0 Å². The third-order valence-corrected chi connectivity index (χ3v) is 3.84. The number of nitrogens with zero attached hydrogens (tertiary/aromatic N) is 1. The predicted molar refractivity (Wildman–Crippen MR) is 99.9 cm³/mol. The highest BCUT2D eigenvalue weighted by Gasteiger charge is 2.26. The molecule has 2 unspecified atom stereocenters. The summed E-state index contributed by atoms with van der Waals surface area (Å²) in [5.74, 6) is 0. The lowest BCUT2D eigenvalue weighted by molar-refractivity contribution is -0.0840. The molecule has 0 aromatic rings. The van der Waals surface area contributed by atoms with Gasteiger partial charge in [0.15, 0.2) is 0 Å². The lowest BCUT2D eigenvalue weighted by atomic mass is 10.1. The molecule has 26 heavy (non-hydrogen) atoms. The predicted octanol–water partition coefficient (Wildman–Crippen LogP) is 0.468. The van der Waals surface area contributed by atoms with E-state index in [4.69, 9.17) is 9.84 Å². The molecule has 0 saturated carbocycles. The van der Waals surface area contributed by atoms with Gasteiger partial charge < -0.3 is 30.5 Å². The largest absolute Gasteiger partial charge is 0.444 e. The van der Waals surface area contributed by atoms with E-state index in [0.717, 1.165) is 25.7 Å². The van der Waals surface area contributed by atoms with E-state index in [0.29, 0.717) is 19.6 Å². The van der Waals surface area contributed by atoms with Gasteiger partial charge in [0.05, 0.1) is 12.7 Å². The molecule has 5 N–H and O–H groups in total. The van der Waals surface area contributed by atoms with E-state index in [-0.39, 0.29) is 6.54 Å². The topological polar surface area (TPSA) is 122 Å². The third kappa shape index (κ3) is 12.4. The van der Waals surface area contributed by atoms with Crippen molar-refractivity contribution < 1.29 is 30.0 Å². The Bertz CT molecular complexity index is 375. The number of nitrogens with one attached hydrogen (secondary N) is 1. The second-order valence-electron chi connectivity index (χ2n) is 7.60. The number of ether oxygens (including phenoxy) is 1. The minimum Gasteiger partial charge on any atom is -0.444 e. The molecule has 3 atom stereocenters. The third-order valence-electron chi connectivity index (χ3n) is 3.84. The van der Waals surface area contributed by atoms with Crippen LogP contribution in [0, 0.1) is 0 Å². The first kappa shape index (κ1) is 25.1. The summed E-state index contributed by atoms with van der Waals surface area (Å²) in [5, 5.41) is 40.9. The van der Waals surface area contributed by atoms with Crippen LogP contribution in [-0.2, 0) is 4.74 Å². The van der Waals surface area contributed by atoms with Crippen LogP contribution in [0.5, 0.6) is 0 Å². The van der Waals surface area contributed by atoms with Crippen molar-refractivity contribution in [2.45, 2.75) is 77.3 Å². The highest BCUT2D eigenvalue weighted by atomic mass is 16.6. The number of unbranched alkanes of at least 4 members (excludes halogenated alkanes) is 3. The molecule has 1 amide bonds. The average Bonchev–Trinajstić information content (AvgIpc) is 2.55. The molecule has 0 aromatic carbocycles. The maximum atomic E-state index is 11.7. The quantitative estimate of drug-likeness (QED) is 0.295. The van der Waals surface area contributed by atoms with E-state index >= 15 is 0 Å². The number of hydrogen-bond donors (Lipinski definition) is 5. The van der Waals surface area contributed by atoms with E-state index in [2.05, 4.69) is 12.2 Å². The van der Waals surface area contributed by atoms with Crippen LogP contribution in [0.1, 0.15) is 53.4 Å². The van der Waals surface area contributed by atoms with Gasteiger partial charge in [-0.15, -0.1) is 0 Å². The van der Waals surface area contributed by atoms with Gasteiger partial charge in [-0.05, 0) is 33.7 Å². The SMILES string of the molecule is CCCCCCN(CCNC(=O)OC(C)(C)C)CC(O)[C@@H](O)C(O)CO. The van der Waals surface area contributed by atoms with Crippen LogP contribution in [0.2, 0.25) is 0 Å². The molecular formula is C18H38N2O6. The molecule has 0 fully saturated rings. The summed E-state index contributed by atoms with van der Waals surface area (Å²) >= 11 is 0. The van der Waals surface area contributed by atoms with Crippen molar-refractivity contribution in [2.24, 2.45) is 0 Å². The van der Waals surface area contributed by atoms with E-state index in [1.165, 1.54) is 0 Å². The minimum absolute atomic E-state index is 0.139. The zero-order valence-electron chi connectivity index (χ0n) is 16.6. The van der Waals surface area contributed by atoms with Gasteiger partial charge in [0.1, 0.15) is 17.8 Å². The van der Waals surface area contributed by atoms with Crippen molar-refractivity contribution in [3.05, 3.63) is 0 Å². The highest BCUT2D eigenvalue weighted by molar-refractivity contribution is 5.67. The smallest absolute Gasteiger partial charge is 0.407 e. The number of alkyl carbamates (subject to hydrolysis) is 1. The Morgan fingerprint density at radius 3 is 2.27 bits per heavy atom. The minimum atomic E-state index is -1.42. The van der Waals surface area contributed by atoms with E-state index in [9.17, 15) is 20.1 Å². The normalized spacial score (nSPS) is 15.6. The number of amides is 1. The molecule has 8 nitrogen and oxygen atoms in total.